The highest BCUT2D eigenvalue weighted by molar-refractivity contribution is 7.23. The van der Waals surface area contributed by atoms with Gasteiger partial charge in [0.2, 0.25) is 0 Å². The Morgan fingerprint density at radius 3 is 1.54 bits per heavy atom. The smallest absolute Gasteiger partial charge is 0.254 e. The SMILES string of the molecule is [2H]c1c(Cl)sc2ncnc(N([2H])C3([2H])CCN(C([2H])c4cccc(C(=O)N([2H])C([2H])([2H])[2H])c4)CC3)c12.[2H]c1nc(N([2H])C2([2H])CCN(C([2H])c3cc(C(=O)N([2H])C([2H])([2H])[2H])c([2H])cc3[2H])CC2)c2c([2H])c(Cl)sc2n1.[2H]c1nc(N([2H])C2([2H])CCN(C([2H])c3ccc(F)c(C(=O)N([2H])C([2H])([2H])[2H])c3)CC2)c2c([2H])c(Cl)sc2n1. The van der Waals surface area contributed by atoms with E-state index in [1.165, 1.54) is 30.6 Å². The summed E-state index contributed by atoms with van der Waals surface area (Å²) >= 11 is 21.3. The number of amides is 3. The van der Waals surface area contributed by atoms with Crippen LogP contribution >= 0.6 is 68.8 Å². The summed E-state index contributed by atoms with van der Waals surface area (Å²) in [4.78, 5) is 67.5. The van der Waals surface area contributed by atoms with E-state index in [1.54, 1.807) is 20.8 Å². The van der Waals surface area contributed by atoms with Crippen LogP contribution in [-0.2, 0) is 19.6 Å². The molecule has 0 spiro atoms. The molecule has 0 aliphatic carbocycles. The topological polar surface area (TPSA) is 210 Å². The number of nitrogens with zero attached hydrogens (tertiary/aromatic N) is 9. The van der Waals surface area contributed by atoms with Gasteiger partial charge in [0, 0.05) is 125 Å². The van der Waals surface area contributed by atoms with Crippen LogP contribution in [0.15, 0.2) is 104 Å². The Kier molecular flexibility index (Phi) is 12.0. The number of anilines is 3. The molecule has 6 N–H and O–H groups in total. The first-order valence-corrected chi connectivity index (χ1v) is 29.2. The van der Waals surface area contributed by atoms with Gasteiger partial charge in [0.1, 0.15) is 59.4 Å². The van der Waals surface area contributed by atoms with Crippen molar-refractivity contribution in [3.05, 3.63) is 156 Å². The Balaban J connectivity index is 0.000000180. The van der Waals surface area contributed by atoms with Crippen LogP contribution in [0.4, 0.5) is 21.8 Å². The summed E-state index contributed by atoms with van der Waals surface area (Å²) in [6.45, 7) is -11.1. The molecule has 9 aromatic rings. The van der Waals surface area contributed by atoms with Crippen LogP contribution in [0.5, 0.6) is 0 Å². The first-order chi connectivity index (χ1) is 52.5. The van der Waals surface area contributed by atoms with Crippen molar-refractivity contribution in [2.75, 3.05) is 76.1 Å². The number of aromatic nitrogens is 6. The molecule has 3 unspecified atom stereocenters. The number of hydrogen-bond acceptors (Lipinski definition) is 18. The van der Waals surface area contributed by atoms with E-state index in [0.29, 0.717) is 28.9 Å². The number of thiophene rings is 3. The van der Waals surface area contributed by atoms with Gasteiger partial charge < -0.3 is 31.9 Å². The lowest BCUT2D eigenvalue weighted by Gasteiger charge is -2.32. The van der Waals surface area contributed by atoms with Crippen molar-refractivity contribution in [1.82, 2.24) is 60.5 Å². The maximum Gasteiger partial charge on any atom is 0.254 e. The second-order valence-corrected chi connectivity index (χ2v) is 23.4. The molecule has 3 aliphatic heterocycles. The Hall–Kier alpha value is -6.73. The Morgan fingerprint density at radius 1 is 0.576 bits per heavy atom. The van der Waals surface area contributed by atoms with E-state index in [1.807, 2.05) is 0 Å². The second kappa shape index (κ2) is 29.1. The fraction of sp³-hybridized carbons (Fsp3) is 0.350. The molecule has 85 heavy (non-hydrogen) atoms. The minimum absolute atomic E-state index is 0.00606. The molecule has 444 valence electrons. The third-order valence-corrected chi connectivity index (χ3v) is 16.4. The van der Waals surface area contributed by atoms with Crippen LogP contribution in [0.3, 0.4) is 0 Å². The van der Waals surface area contributed by atoms with E-state index in [4.69, 9.17) is 73.4 Å². The van der Waals surface area contributed by atoms with Crippen molar-refractivity contribution in [3.8, 4) is 0 Å². The second-order valence-electron chi connectivity index (χ2n) is 18.6. The van der Waals surface area contributed by atoms with E-state index < -0.39 is 99.3 Å². The van der Waals surface area contributed by atoms with Crippen LogP contribution in [0, 0.1) is 5.82 Å². The lowest BCUT2D eigenvalue weighted by atomic mass is 10.0. The third kappa shape index (κ3) is 16.2. The minimum Gasteiger partial charge on any atom is -0.367 e. The molecule has 3 fully saturated rings. The molecular weight excluding hydrogens is 1200 g/mol. The highest BCUT2D eigenvalue weighted by Gasteiger charge is 2.25. The number of hydrogen-bond donors (Lipinski definition) is 6. The van der Waals surface area contributed by atoms with E-state index in [9.17, 15) is 18.8 Å². The number of nitrogens with one attached hydrogen (secondary N) is 6. The van der Waals surface area contributed by atoms with Crippen molar-refractivity contribution in [2.45, 2.75) is 76.1 Å². The van der Waals surface area contributed by atoms with Crippen molar-refractivity contribution in [1.29, 1.82) is 0 Å². The molecule has 0 bridgehead atoms. The molecule has 0 saturated carbocycles. The summed E-state index contributed by atoms with van der Waals surface area (Å²) in [5.41, 5.74) is -0.408. The summed E-state index contributed by atoms with van der Waals surface area (Å²) in [7, 11) is 0. The Bertz CT molecular complexity index is 5080. The Labute approximate surface area is 559 Å². The standard InChI is InChI=1S/C20H21ClFN5OS.2C20H22ClN5OS/c1-23-19(28)14-8-12(2-3-16(14)22)10-27-6-4-13(5-7-27)26-18-15-9-17(21)29-20(15)25-11-24-18;2*1-22-19(27)14-4-2-3-13(9-14)11-26-7-5-15(6-8-26)25-18-16-10-17(21)28-20(16)24-12-23-18/h2-3,8-9,11,13H,4-7,10H2,1H3,(H,23,28)(H,24,25,26);2*2-4,9-10,12,15H,5-8,11H2,1H3,(H,22,27)(H,23,24,25)/i1D3,9D,10D,11D,13D;1D3,3D,4D,10D,11D,12D,15D;1D3,10D,11D,15D/hD6. The zero-order chi connectivity index (χ0) is 83.6. The highest BCUT2D eigenvalue weighted by Crippen LogP contribution is 2.35. The lowest BCUT2D eigenvalue weighted by Crippen LogP contribution is -2.38. The first-order valence-electron chi connectivity index (χ1n) is 39.6. The number of benzene rings is 3. The summed E-state index contributed by atoms with van der Waals surface area (Å²) in [6, 6.07) is 6.14. The van der Waals surface area contributed by atoms with Crippen LogP contribution in [0.1, 0.15) is 116 Å². The van der Waals surface area contributed by atoms with E-state index >= 15 is 0 Å². The van der Waals surface area contributed by atoms with Gasteiger partial charge >= 0.3 is 0 Å². The summed E-state index contributed by atoms with van der Waals surface area (Å²) in [6.07, 6.45) is 1.18. The minimum atomic E-state index is -3.09. The molecular formula is C60H65Cl3FN15O3S3. The van der Waals surface area contributed by atoms with Crippen molar-refractivity contribution in [2.24, 2.45) is 0 Å². The number of fused-ring (bicyclic) bond motifs is 3. The average Bonchev–Trinajstić information content (AvgIpc) is 1.69. The van der Waals surface area contributed by atoms with Crippen molar-refractivity contribution in [3.63, 3.8) is 0 Å². The fourth-order valence-electron chi connectivity index (χ4n) is 8.93. The van der Waals surface area contributed by atoms with Gasteiger partial charge in [0.25, 0.3) is 17.7 Å². The summed E-state index contributed by atoms with van der Waals surface area (Å²) < 4.78 is 238. The number of likely N-dealkylation sites (tertiary alicyclic amines) is 3. The molecule has 3 saturated heterocycles. The largest absolute Gasteiger partial charge is 0.367 e. The van der Waals surface area contributed by atoms with Gasteiger partial charge in [0.05, 0.1) is 45.7 Å². The molecule has 12 rings (SSSR count). The quantitative estimate of drug-likeness (QED) is 0.0564. The van der Waals surface area contributed by atoms with Crippen LogP contribution in [-0.4, -0.2) is 141 Å². The number of carbonyl (C=O) groups is 3. The predicted octanol–water partition coefficient (Wildman–Crippen LogP) is 11.5. The van der Waals surface area contributed by atoms with Crippen LogP contribution < -0.4 is 31.9 Å². The molecule has 6 aromatic heterocycles. The molecule has 3 amide bonds. The number of rotatable bonds is 15. The number of piperidine rings is 3. The average molecular weight is 1290 g/mol. The summed E-state index contributed by atoms with van der Waals surface area (Å²) in [5.74, 6) is -4.65. The fourth-order valence-corrected chi connectivity index (χ4v) is 11.8. The van der Waals surface area contributed by atoms with Gasteiger partial charge in [0.15, 0.2) is 8.47 Å². The Morgan fingerprint density at radius 2 is 1.02 bits per heavy atom. The van der Waals surface area contributed by atoms with E-state index in [0.717, 1.165) is 74.2 Å². The maximum atomic E-state index is 14.3. The molecule has 3 aliphatic rings. The van der Waals surface area contributed by atoms with Gasteiger partial charge in [-0.05, 0) is 110 Å². The maximum absolute atomic E-state index is 14.3. The molecule has 0 radical (unpaired) electrons. The predicted molar refractivity (Wildman–Crippen MR) is 342 cm³/mol. The molecule has 18 nitrogen and oxygen atoms in total. The third-order valence-electron chi connectivity index (χ3n) is 13.1. The summed E-state index contributed by atoms with van der Waals surface area (Å²) in [5, 5.41) is 2.79. The monoisotopic (exact) mass is 1290 g/mol. The van der Waals surface area contributed by atoms with Gasteiger partial charge in [-0.15, -0.1) is 34.0 Å². The number of carbonyl (C=O) groups excluding carboxylic acids is 3. The van der Waals surface area contributed by atoms with Crippen molar-refractivity contribution < 1.29 is 57.4 Å². The molecule has 9 heterocycles. The highest BCUT2D eigenvalue weighted by atomic mass is 35.5. The number of halogens is 4. The normalized spacial score (nSPS) is 23.0. The van der Waals surface area contributed by atoms with Crippen molar-refractivity contribution >= 4 is 135 Å². The van der Waals surface area contributed by atoms with Crippen LogP contribution in [0.25, 0.3) is 30.6 Å². The lowest BCUT2D eigenvalue weighted by molar-refractivity contribution is 0.0952. The van der Waals surface area contributed by atoms with E-state index in [2.05, 4.69) is 29.9 Å². The molecule has 25 heteroatoms. The van der Waals surface area contributed by atoms with Crippen LogP contribution in [0.2, 0.25) is 21.5 Å². The zero-order valence-electron chi connectivity index (χ0n) is 72.2. The van der Waals surface area contributed by atoms with Gasteiger partial charge in [-0.2, -0.15) is 0 Å². The van der Waals surface area contributed by atoms with Gasteiger partial charge in [-0.1, -0.05) is 65.1 Å². The van der Waals surface area contributed by atoms with E-state index in [-0.39, 0.29) is 185 Å². The van der Waals surface area contributed by atoms with Gasteiger partial charge in [-0.25, -0.2) is 34.3 Å². The first kappa shape index (κ1) is 35.2. The molecule has 3 aromatic carbocycles. The van der Waals surface area contributed by atoms with Gasteiger partial charge in [-0.3, -0.25) is 29.1 Å². The molecule has 3 atom stereocenters. The zero-order valence-corrected chi connectivity index (χ0v) is 48.9.